The Morgan fingerprint density at radius 3 is 2.33 bits per heavy atom. The Morgan fingerprint density at radius 1 is 1.04 bits per heavy atom. The molecule has 2 aliphatic heterocycles. The van der Waals surface area contributed by atoms with Crippen LogP contribution in [0.15, 0.2) is 17.1 Å². The molecule has 5 nitrogen and oxygen atoms in total. The van der Waals surface area contributed by atoms with E-state index in [1.165, 1.54) is 44.1 Å². The molecule has 3 rings (SSSR count). The van der Waals surface area contributed by atoms with Gasteiger partial charge in [0.2, 0.25) is 0 Å². The van der Waals surface area contributed by atoms with Crippen LogP contribution in [-0.2, 0) is 6.54 Å². The van der Waals surface area contributed by atoms with Gasteiger partial charge >= 0.3 is 0 Å². The number of halogens is 1. The molecule has 2 aliphatic rings. The highest BCUT2D eigenvalue weighted by molar-refractivity contribution is 14.0. The third kappa shape index (κ3) is 4.97. The first-order valence-electron chi connectivity index (χ1n) is 9.00. The number of aliphatic imine (C=N–C) groups is 1. The van der Waals surface area contributed by atoms with Crippen molar-refractivity contribution in [2.75, 3.05) is 31.1 Å². The van der Waals surface area contributed by atoms with Crippen LogP contribution < -0.4 is 10.6 Å². The summed E-state index contributed by atoms with van der Waals surface area (Å²) in [6, 6.07) is 4.24. The van der Waals surface area contributed by atoms with Crippen molar-refractivity contribution in [3.63, 3.8) is 0 Å². The van der Waals surface area contributed by atoms with E-state index in [4.69, 9.17) is 10.7 Å². The van der Waals surface area contributed by atoms with Crippen molar-refractivity contribution < 1.29 is 0 Å². The van der Waals surface area contributed by atoms with Gasteiger partial charge in [-0.3, -0.25) is 0 Å². The molecule has 24 heavy (non-hydrogen) atoms. The predicted octanol–water partition coefficient (Wildman–Crippen LogP) is 3.30. The Bertz CT molecular complexity index is 546. The lowest BCUT2D eigenvalue weighted by atomic mass is 10.2. The van der Waals surface area contributed by atoms with Crippen molar-refractivity contribution >= 4 is 35.8 Å². The molecule has 1 aromatic heterocycles. The van der Waals surface area contributed by atoms with Gasteiger partial charge in [0.25, 0.3) is 0 Å². The summed E-state index contributed by atoms with van der Waals surface area (Å²) < 4.78 is 0. The van der Waals surface area contributed by atoms with Crippen molar-refractivity contribution in [1.29, 1.82) is 0 Å². The minimum atomic E-state index is 0. The van der Waals surface area contributed by atoms with E-state index in [1.807, 2.05) is 0 Å². The molecule has 0 bridgehead atoms. The zero-order valence-corrected chi connectivity index (χ0v) is 17.0. The summed E-state index contributed by atoms with van der Waals surface area (Å²) in [4.78, 5) is 14.1. The fraction of sp³-hybridized carbons (Fsp3) is 0.667. The number of pyridine rings is 1. The maximum absolute atomic E-state index is 6.24. The van der Waals surface area contributed by atoms with E-state index in [-0.39, 0.29) is 24.0 Å². The Balaban J connectivity index is 0.00000208. The molecule has 0 unspecified atom stereocenters. The first-order valence-corrected chi connectivity index (χ1v) is 9.00. The highest BCUT2D eigenvalue weighted by Crippen LogP contribution is 2.23. The fourth-order valence-corrected chi connectivity index (χ4v) is 3.46. The largest absolute Gasteiger partial charge is 0.370 e. The van der Waals surface area contributed by atoms with Crippen LogP contribution in [0.2, 0.25) is 0 Å². The Morgan fingerprint density at radius 2 is 1.67 bits per heavy atom. The number of likely N-dealkylation sites (tertiary alicyclic amines) is 1. The lowest BCUT2D eigenvalue weighted by Crippen LogP contribution is -2.38. The zero-order chi connectivity index (χ0) is 16.1. The molecule has 0 atom stereocenters. The Kier molecular flexibility index (Phi) is 7.58. The molecule has 6 heteroatoms. The maximum Gasteiger partial charge on any atom is 0.191 e. The van der Waals surface area contributed by atoms with E-state index in [9.17, 15) is 0 Å². The molecule has 0 spiro atoms. The number of hydrogen-bond acceptors (Lipinski definition) is 3. The Labute approximate surface area is 162 Å². The number of aryl methyl sites for hydroxylation is 1. The summed E-state index contributed by atoms with van der Waals surface area (Å²) in [5.41, 5.74) is 8.50. The van der Waals surface area contributed by atoms with Crippen molar-refractivity contribution in [3.8, 4) is 0 Å². The van der Waals surface area contributed by atoms with Crippen molar-refractivity contribution in [3.05, 3.63) is 23.4 Å². The van der Waals surface area contributed by atoms with Gasteiger partial charge in [-0.05, 0) is 38.7 Å². The van der Waals surface area contributed by atoms with Gasteiger partial charge in [0, 0.05) is 37.4 Å². The molecule has 3 heterocycles. The molecule has 0 aliphatic carbocycles. The van der Waals surface area contributed by atoms with E-state index in [2.05, 4.69) is 33.8 Å². The third-order valence-electron chi connectivity index (χ3n) is 4.84. The lowest BCUT2D eigenvalue weighted by Gasteiger charge is -2.22. The topological polar surface area (TPSA) is 57.8 Å². The smallest absolute Gasteiger partial charge is 0.191 e. The van der Waals surface area contributed by atoms with Gasteiger partial charge in [-0.2, -0.15) is 0 Å². The van der Waals surface area contributed by atoms with Crippen LogP contribution in [0.3, 0.4) is 0 Å². The van der Waals surface area contributed by atoms with Crippen LogP contribution in [0, 0.1) is 6.92 Å². The molecule has 2 N–H and O–H groups in total. The third-order valence-corrected chi connectivity index (χ3v) is 4.84. The second-order valence-corrected chi connectivity index (χ2v) is 6.71. The van der Waals surface area contributed by atoms with Crippen LogP contribution in [0.25, 0.3) is 0 Å². The molecule has 0 amide bonds. The van der Waals surface area contributed by atoms with E-state index in [0.717, 1.165) is 37.7 Å². The van der Waals surface area contributed by atoms with Gasteiger partial charge in [-0.15, -0.1) is 24.0 Å². The van der Waals surface area contributed by atoms with Gasteiger partial charge in [-0.1, -0.05) is 18.9 Å². The van der Waals surface area contributed by atoms with Gasteiger partial charge in [0.15, 0.2) is 5.96 Å². The number of nitrogens with two attached hydrogens (primary N) is 1. The quantitative estimate of drug-likeness (QED) is 0.443. The number of rotatable bonds is 3. The zero-order valence-electron chi connectivity index (χ0n) is 14.7. The maximum atomic E-state index is 6.24. The fourth-order valence-electron chi connectivity index (χ4n) is 3.46. The summed E-state index contributed by atoms with van der Waals surface area (Å²) in [6.45, 7) is 6.98. The summed E-state index contributed by atoms with van der Waals surface area (Å²) in [5.74, 6) is 1.80. The van der Waals surface area contributed by atoms with Crippen LogP contribution in [-0.4, -0.2) is 42.0 Å². The molecule has 1 aromatic rings. The molecule has 2 fully saturated rings. The number of hydrogen-bond donors (Lipinski definition) is 1. The number of nitrogens with zero attached hydrogens (tertiary/aromatic N) is 4. The molecule has 134 valence electrons. The molecular formula is C18H30IN5. The molecule has 2 saturated heterocycles. The number of aromatic nitrogens is 1. The van der Waals surface area contributed by atoms with Gasteiger partial charge in [-0.25, -0.2) is 9.98 Å². The normalized spacial score (nSPS) is 19.1. The minimum absolute atomic E-state index is 0. The lowest BCUT2D eigenvalue weighted by molar-refractivity contribution is 0.428. The standard InChI is InChI=1S/C18H29N5.HI/c1-15-8-9-16(17(21-15)22-10-6-7-11-22)14-20-18(19)23-12-4-2-3-5-13-23;/h8-9H,2-7,10-14H2,1H3,(H2,19,20);1H. The van der Waals surface area contributed by atoms with Crippen LogP contribution >= 0.6 is 24.0 Å². The first-order chi connectivity index (χ1) is 11.2. The van der Waals surface area contributed by atoms with Crippen molar-refractivity contribution in [2.24, 2.45) is 10.7 Å². The monoisotopic (exact) mass is 443 g/mol. The van der Waals surface area contributed by atoms with E-state index in [1.54, 1.807) is 0 Å². The van der Waals surface area contributed by atoms with Crippen LogP contribution in [0.5, 0.6) is 0 Å². The predicted molar refractivity (Wildman–Crippen MR) is 111 cm³/mol. The van der Waals surface area contributed by atoms with Crippen molar-refractivity contribution in [2.45, 2.75) is 52.0 Å². The average molecular weight is 443 g/mol. The molecule has 0 saturated carbocycles. The average Bonchev–Trinajstić information content (AvgIpc) is 2.95. The van der Waals surface area contributed by atoms with Gasteiger partial charge in [0.1, 0.15) is 5.82 Å². The van der Waals surface area contributed by atoms with Crippen LogP contribution in [0.1, 0.15) is 49.8 Å². The summed E-state index contributed by atoms with van der Waals surface area (Å²) >= 11 is 0. The second-order valence-electron chi connectivity index (χ2n) is 6.71. The Hall–Kier alpha value is -1.05. The SMILES string of the molecule is Cc1ccc(CN=C(N)N2CCCCCC2)c(N2CCCC2)n1.I. The highest BCUT2D eigenvalue weighted by Gasteiger charge is 2.17. The summed E-state index contributed by atoms with van der Waals surface area (Å²) in [5, 5.41) is 0. The van der Waals surface area contributed by atoms with E-state index < -0.39 is 0 Å². The molecule has 0 radical (unpaired) electrons. The summed E-state index contributed by atoms with van der Waals surface area (Å²) in [6.07, 6.45) is 7.58. The van der Waals surface area contributed by atoms with Gasteiger partial charge in [0.05, 0.1) is 6.54 Å². The van der Waals surface area contributed by atoms with E-state index >= 15 is 0 Å². The number of guanidine groups is 1. The number of anilines is 1. The first kappa shape index (κ1) is 19.3. The molecule has 0 aromatic carbocycles. The minimum Gasteiger partial charge on any atom is -0.370 e. The van der Waals surface area contributed by atoms with Crippen LogP contribution in [0.4, 0.5) is 5.82 Å². The summed E-state index contributed by atoms with van der Waals surface area (Å²) in [7, 11) is 0. The van der Waals surface area contributed by atoms with Crippen molar-refractivity contribution in [1.82, 2.24) is 9.88 Å². The van der Waals surface area contributed by atoms with Gasteiger partial charge < -0.3 is 15.5 Å². The van der Waals surface area contributed by atoms with E-state index in [0.29, 0.717) is 12.5 Å². The second kappa shape index (κ2) is 9.44. The highest BCUT2D eigenvalue weighted by atomic mass is 127. The molecular weight excluding hydrogens is 413 g/mol.